The fraction of sp³-hybridized carbons (Fsp3) is 0.452. The number of hydrogen-bond donors (Lipinski definition) is 3. The van der Waals surface area contributed by atoms with Crippen LogP contribution in [0.2, 0.25) is 0 Å². The molecule has 38 heavy (non-hydrogen) atoms. The summed E-state index contributed by atoms with van der Waals surface area (Å²) in [6, 6.07) is 20.5. The smallest absolute Gasteiger partial charge is 0.270 e. The number of piperidine rings is 1. The zero-order chi connectivity index (χ0) is 26.3. The van der Waals surface area contributed by atoms with Crippen LogP contribution in [0, 0.1) is 11.8 Å². The summed E-state index contributed by atoms with van der Waals surface area (Å²) < 4.78 is 0. The predicted molar refractivity (Wildman–Crippen MR) is 149 cm³/mol. The van der Waals surface area contributed by atoms with Gasteiger partial charge in [0.05, 0.1) is 24.2 Å². The molecule has 4 atom stereocenters. The van der Waals surface area contributed by atoms with Crippen LogP contribution >= 0.6 is 0 Å². The van der Waals surface area contributed by atoms with Crippen LogP contribution in [0.4, 0.5) is 0 Å². The maximum atomic E-state index is 12.9. The largest absolute Gasteiger partial charge is 0.390 e. The molecular formula is C31H38N4O3. The van der Waals surface area contributed by atoms with Crippen molar-refractivity contribution in [1.29, 1.82) is 0 Å². The first-order valence-electron chi connectivity index (χ1n) is 13.9. The molecule has 7 nitrogen and oxygen atoms in total. The molecule has 2 amide bonds. The lowest BCUT2D eigenvalue weighted by Crippen LogP contribution is -2.53. The number of para-hydroxylation sites is 1. The molecule has 1 saturated carbocycles. The number of hydrogen-bond acceptors (Lipinski definition) is 5. The van der Waals surface area contributed by atoms with Gasteiger partial charge in [-0.25, -0.2) is 4.98 Å². The van der Waals surface area contributed by atoms with Crippen molar-refractivity contribution >= 4 is 22.7 Å². The number of benzene rings is 2. The Kier molecular flexibility index (Phi) is 8.66. The van der Waals surface area contributed by atoms with Gasteiger partial charge in [0.25, 0.3) is 5.91 Å². The van der Waals surface area contributed by atoms with E-state index in [2.05, 4.69) is 20.5 Å². The SMILES string of the molecule is O=C(CNC(=O)c1ccc2ccccc2n1)N[C@@H](Cc1ccccc1)C(O)CN1CCC2CCCCC2C1. The van der Waals surface area contributed by atoms with Gasteiger partial charge in [-0.2, -0.15) is 0 Å². The van der Waals surface area contributed by atoms with E-state index in [4.69, 9.17) is 0 Å². The first kappa shape index (κ1) is 26.3. The topological polar surface area (TPSA) is 94.6 Å². The van der Waals surface area contributed by atoms with Gasteiger partial charge in [-0.05, 0) is 55.3 Å². The Labute approximate surface area is 224 Å². The van der Waals surface area contributed by atoms with Crippen LogP contribution in [-0.2, 0) is 11.2 Å². The number of pyridine rings is 1. The summed E-state index contributed by atoms with van der Waals surface area (Å²) in [5.41, 5.74) is 2.05. The third-order valence-corrected chi connectivity index (χ3v) is 8.17. The van der Waals surface area contributed by atoms with E-state index in [-0.39, 0.29) is 18.1 Å². The van der Waals surface area contributed by atoms with Crippen LogP contribution in [0.1, 0.15) is 48.2 Å². The van der Waals surface area contributed by atoms with Gasteiger partial charge in [0, 0.05) is 18.5 Å². The van der Waals surface area contributed by atoms with E-state index < -0.39 is 18.1 Å². The summed E-state index contributed by atoms with van der Waals surface area (Å²) in [6.45, 7) is 2.38. The highest BCUT2D eigenvalue weighted by molar-refractivity contribution is 5.96. The monoisotopic (exact) mass is 514 g/mol. The van der Waals surface area contributed by atoms with Crippen LogP contribution in [0.25, 0.3) is 10.9 Å². The van der Waals surface area contributed by atoms with E-state index in [1.807, 2.05) is 60.7 Å². The molecule has 2 aliphatic rings. The normalized spacial score (nSPS) is 21.3. The summed E-state index contributed by atoms with van der Waals surface area (Å²) >= 11 is 0. The molecule has 1 aliphatic carbocycles. The van der Waals surface area contributed by atoms with Crippen molar-refractivity contribution in [3.8, 4) is 0 Å². The summed E-state index contributed by atoms with van der Waals surface area (Å²) in [7, 11) is 0. The molecule has 3 aromatic rings. The van der Waals surface area contributed by atoms with E-state index in [9.17, 15) is 14.7 Å². The third kappa shape index (κ3) is 6.77. The van der Waals surface area contributed by atoms with Crippen LogP contribution in [0.3, 0.4) is 0 Å². The molecule has 3 unspecified atom stereocenters. The second-order valence-corrected chi connectivity index (χ2v) is 10.9. The second kappa shape index (κ2) is 12.5. The Bertz CT molecular complexity index is 1230. The van der Waals surface area contributed by atoms with E-state index in [0.29, 0.717) is 13.0 Å². The van der Waals surface area contributed by atoms with Crippen LogP contribution in [0.15, 0.2) is 66.7 Å². The minimum Gasteiger partial charge on any atom is -0.390 e. The van der Waals surface area contributed by atoms with Gasteiger partial charge in [-0.1, -0.05) is 73.9 Å². The molecule has 1 aromatic heterocycles. The van der Waals surface area contributed by atoms with Crippen molar-refractivity contribution in [2.24, 2.45) is 11.8 Å². The molecule has 7 heteroatoms. The number of aromatic nitrogens is 1. The Morgan fingerprint density at radius 3 is 2.55 bits per heavy atom. The molecular weight excluding hydrogens is 476 g/mol. The lowest BCUT2D eigenvalue weighted by molar-refractivity contribution is -0.121. The van der Waals surface area contributed by atoms with Gasteiger partial charge >= 0.3 is 0 Å². The molecule has 0 radical (unpaired) electrons. The lowest BCUT2D eigenvalue weighted by Gasteiger charge is -2.42. The van der Waals surface area contributed by atoms with E-state index in [0.717, 1.165) is 41.4 Å². The highest BCUT2D eigenvalue weighted by atomic mass is 16.3. The van der Waals surface area contributed by atoms with E-state index in [1.54, 1.807) is 6.07 Å². The van der Waals surface area contributed by atoms with Crippen molar-refractivity contribution < 1.29 is 14.7 Å². The Morgan fingerprint density at radius 2 is 1.71 bits per heavy atom. The van der Waals surface area contributed by atoms with Gasteiger partial charge in [0.1, 0.15) is 5.69 Å². The summed E-state index contributed by atoms with van der Waals surface area (Å²) in [5.74, 6) is 0.829. The Hall–Kier alpha value is -3.29. The Morgan fingerprint density at radius 1 is 0.947 bits per heavy atom. The maximum absolute atomic E-state index is 12.9. The van der Waals surface area contributed by atoms with Gasteiger partial charge < -0.3 is 20.6 Å². The molecule has 2 heterocycles. The minimum absolute atomic E-state index is 0.182. The molecule has 3 N–H and O–H groups in total. The fourth-order valence-electron chi connectivity index (χ4n) is 6.09. The van der Waals surface area contributed by atoms with Crippen LogP contribution in [0.5, 0.6) is 0 Å². The highest BCUT2D eigenvalue weighted by Crippen LogP contribution is 2.36. The van der Waals surface area contributed by atoms with Crippen molar-refractivity contribution in [2.45, 2.75) is 50.7 Å². The zero-order valence-electron chi connectivity index (χ0n) is 21.9. The summed E-state index contributed by atoms with van der Waals surface area (Å²) in [6.07, 6.45) is 6.29. The first-order valence-corrected chi connectivity index (χ1v) is 13.9. The second-order valence-electron chi connectivity index (χ2n) is 10.9. The van der Waals surface area contributed by atoms with Crippen molar-refractivity contribution in [1.82, 2.24) is 20.5 Å². The number of aliphatic hydroxyl groups is 1. The minimum atomic E-state index is -0.711. The quantitative estimate of drug-likeness (QED) is 0.406. The van der Waals surface area contributed by atoms with Gasteiger partial charge in [-0.15, -0.1) is 0 Å². The summed E-state index contributed by atoms with van der Waals surface area (Å²) in [5, 5.41) is 17.9. The van der Waals surface area contributed by atoms with Crippen LogP contribution < -0.4 is 10.6 Å². The zero-order valence-corrected chi connectivity index (χ0v) is 21.9. The van der Waals surface area contributed by atoms with E-state index >= 15 is 0 Å². The number of likely N-dealkylation sites (tertiary alicyclic amines) is 1. The molecule has 2 aromatic carbocycles. The van der Waals surface area contributed by atoms with Crippen molar-refractivity contribution in [2.75, 3.05) is 26.2 Å². The highest BCUT2D eigenvalue weighted by Gasteiger charge is 2.33. The number of β-amino-alcohol motifs (C(OH)–C–C–N with tert-alkyl or cyclic N) is 1. The number of aliphatic hydroxyl groups excluding tert-OH is 1. The average Bonchev–Trinajstić information content (AvgIpc) is 2.95. The van der Waals surface area contributed by atoms with Gasteiger partial charge in [0.2, 0.25) is 5.91 Å². The lowest BCUT2D eigenvalue weighted by atomic mass is 9.75. The molecule has 1 saturated heterocycles. The van der Waals surface area contributed by atoms with Crippen molar-refractivity contribution in [3.05, 3.63) is 78.0 Å². The molecule has 200 valence electrons. The number of carbonyl (C=O) groups excluding carboxylic acids is 2. The maximum Gasteiger partial charge on any atom is 0.270 e. The summed E-state index contributed by atoms with van der Waals surface area (Å²) in [4.78, 5) is 32.3. The predicted octanol–water partition coefficient (Wildman–Crippen LogP) is 3.57. The number of fused-ring (bicyclic) bond motifs is 2. The number of carbonyl (C=O) groups is 2. The standard InChI is InChI=1S/C31H38N4O3/c36-29(21-35-17-16-23-10-4-5-12-25(23)20-35)28(18-22-8-2-1-3-9-22)34-30(37)19-32-31(38)27-15-14-24-11-6-7-13-26(24)33-27/h1-3,6-9,11,13-15,23,25,28-29,36H,4-5,10,12,16-21H2,(H,32,38)(H,34,37)/t23?,25?,28-,29?/m0/s1. The molecule has 0 bridgehead atoms. The van der Waals surface area contributed by atoms with Gasteiger partial charge in [0.15, 0.2) is 0 Å². The fourth-order valence-corrected chi connectivity index (χ4v) is 6.09. The molecule has 2 fully saturated rings. The third-order valence-electron chi connectivity index (χ3n) is 8.17. The number of rotatable bonds is 9. The molecule has 1 aliphatic heterocycles. The first-order chi connectivity index (χ1) is 18.5. The Balaban J connectivity index is 1.19. The van der Waals surface area contributed by atoms with Gasteiger partial charge in [-0.3, -0.25) is 9.59 Å². The van der Waals surface area contributed by atoms with E-state index in [1.165, 1.54) is 32.1 Å². The number of amides is 2. The molecule has 5 rings (SSSR count). The van der Waals surface area contributed by atoms with Crippen molar-refractivity contribution in [3.63, 3.8) is 0 Å². The number of nitrogens with zero attached hydrogens (tertiary/aromatic N) is 2. The van der Waals surface area contributed by atoms with Crippen LogP contribution in [-0.4, -0.2) is 65.1 Å². The average molecular weight is 515 g/mol. The molecule has 0 spiro atoms. The number of nitrogens with one attached hydrogen (secondary N) is 2.